The van der Waals surface area contributed by atoms with E-state index < -0.39 is 11.1 Å². The highest BCUT2D eigenvalue weighted by Gasteiger charge is 2.34. The summed E-state index contributed by atoms with van der Waals surface area (Å²) in [7, 11) is 0. The molecule has 0 spiro atoms. The van der Waals surface area contributed by atoms with Crippen LogP contribution in [0.1, 0.15) is 15.9 Å². The van der Waals surface area contributed by atoms with E-state index in [4.69, 9.17) is 0 Å². The van der Waals surface area contributed by atoms with Crippen molar-refractivity contribution in [2.45, 2.75) is 0 Å². The molecule has 1 aliphatic heterocycles. The number of imide groups is 1. The largest absolute Gasteiger partial charge is 0.350 e. The van der Waals surface area contributed by atoms with Crippen molar-refractivity contribution in [1.29, 1.82) is 0 Å². The second-order valence-electron chi connectivity index (χ2n) is 5.65. The summed E-state index contributed by atoms with van der Waals surface area (Å²) in [6.07, 6.45) is 1.55. The van der Waals surface area contributed by atoms with Gasteiger partial charge in [-0.1, -0.05) is 12.1 Å². The van der Waals surface area contributed by atoms with Gasteiger partial charge >= 0.3 is 0 Å². The maximum absolute atomic E-state index is 13.0. The van der Waals surface area contributed by atoms with Crippen molar-refractivity contribution in [3.05, 3.63) is 74.0 Å². The highest BCUT2D eigenvalue weighted by Crippen LogP contribution is 2.31. The molecule has 27 heavy (non-hydrogen) atoms. The molecule has 1 heterocycles. The van der Waals surface area contributed by atoms with Gasteiger partial charge in [0, 0.05) is 22.2 Å². The molecule has 0 unspecified atom stereocenters. The Bertz CT molecular complexity index is 914. The van der Waals surface area contributed by atoms with Crippen molar-refractivity contribution in [3.63, 3.8) is 0 Å². The average Bonchev–Trinajstić information content (AvgIpc) is 2.91. The zero-order chi connectivity index (χ0) is 19.4. The molecule has 0 bridgehead atoms. The second kappa shape index (κ2) is 8.66. The first-order valence-electron chi connectivity index (χ1n) is 7.99. The van der Waals surface area contributed by atoms with Crippen molar-refractivity contribution in [2.24, 2.45) is 0 Å². The molecule has 2 aromatic rings. The zero-order valence-corrected chi connectivity index (χ0v) is 16.9. The number of halogens is 2. The first kappa shape index (κ1) is 19.6. The molecule has 1 N–H and O–H groups in total. The highest BCUT2D eigenvalue weighted by atomic mass is 127. The Kier molecular flexibility index (Phi) is 6.27. The van der Waals surface area contributed by atoms with Crippen LogP contribution in [-0.4, -0.2) is 35.0 Å². The van der Waals surface area contributed by atoms with Gasteiger partial charge < -0.3 is 5.32 Å². The van der Waals surface area contributed by atoms with E-state index in [2.05, 4.69) is 27.9 Å². The topological polar surface area (TPSA) is 66.5 Å². The third kappa shape index (κ3) is 4.95. The number of nitrogens with one attached hydrogen (secondary N) is 1. The molecule has 3 amide bonds. The molecule has 0 saturated carbocycles. The molecule has 1 aliphatic rings. The van der Waals surface area contributed by atoms with E-state index in [0.29, 0.717) is 11.1 Å². The lowest BCUT2D eigenvalue weighted by molar-refractivity contribution is -0.122. The Morgan fingerprint density at radius 3 is 2.44 bits per heavy atom. The first-order valence-corrected chi connectivity index (χ1v) is 9.88. The smallest absolute Gasteiger partial charge is 0.293 e. The van der Waals surface area contributed by atoms with Crippen molar-refractivity contribution in [1.82, 2.24) is 10.2 Å². The van der Waals surface area contributed by atoms with Gasteiger partial charge in [0.2, 0.25) is 0 Å². The minimum absolute atomic E-state index is 0.0849. The number of thioether (sulfide) groups is 1. The molecular formula is C19H14FIN2O3S. The van der Waals surface area contributed by atoms with Crippen LogP contribution in [0.3, 0.4) is 0 Å². The maximum atomic E-state index is 13.0. The number of carbonyl (C=O) groups excluding carboxylic acids is 3. The van der Waals surface area contributed by atoms with Crippen molar-refractivity contribution >= 4 is 57.5 Å². The molecule has 5 nitrogen and oxygen atoms in total. The van der Waals surface area contributed by atoms with Gasteiger partial charge in [0.25, 0.3) is 17.1 Å². The van der Waals surface area contributed by atoms with E-state index in [1.54, 1.807) is 18.2 Å². The van der Waals surface area contributed by atoms with E-state index in [9.17, 15) is 18.8 Å². The van der Waals surface area contributed by atoms with E-state index in [-0.39, 0.29) is 29.7 Å². The van der Waals surface area contributed by atoms with Gasteiger partial charge in [-0.15, -0.1) is 0 Å². The Morgan fingerprint density at radius 2 is 1.78 bits per heavy atom. The number of rotatable bonds is 5. The van der Waals surface area contributed by atoms with E-state index in [0.717, 1.165) is 20.2 Å². The third-order valence-electron chi connectivity index (χ3n) is 3.77. The molecule has 1 saturated heterocycles. The molecule has 0 atom stereocenters. The predicted octanol–water partition coefficient (Wildman–Crippen LogP) is 3.90. The summed E-state index contributed by atoms with van der Waals surface area (Å²) in [5, 5.41) is 2.31. The van der Waals surface area contributed by atoms with Gasteiger partial charge in [0.05, 0.1) is 4.91 Å². The van der Waals surface area contributed by atoms with Crippen LogP contribution in [0, 0.1) is 9.39 Å². The monoisotopic (exact) mass is 496 g/mol. The number of hydrogen-bond acceptors (Lipinski definition) is 4. The van der Waals surface area contributed by atoms with Crippen LogP contribution in [0.25, 0.3) is 6.08 Å². The zero-order valence-electron chi connectivity index (χ0n) is 13.9. The van der Waals surface area contributed by atoms with E-state index in [1.807, 2.05) is 12.1 Å². The summed E-state index contributed by atoms with van der Waals surface area (Å²) in [6, 6.07) is 12.7. The van der Waals surface area contributed by atoms with Gasteiger partial charge in [-0.05, 0) is 82.4 Å². The predicted molar refractivity (Wildman–Crippen MR) is 111 cm³/mol. The SMILES string of the molecule is O=C(NCCN1C(=O)S/C(=C\c2ccc(F)cc2)C1=O)c1ccc(I)cc1. The molecule has 0 aromatic heterocycles. The Balaban J connectivity index is 1.58. The molecule has 2 aromatic carbocycles. The van der Waals surface area contributed by atoms with Crippen LogP contribution >= 0.6 is 34.4 Å². The molecular weight excluding hydrogens is 482 g/mol. The first-order chi connectivity index (χ1) is 12.9. The lowest BCUT2D eigenvalue weighted by Crippen LogP contribution is -2.37. The highest BCUT2D eigenvalue weighted by molar-refractivity contribution is 14.1. The number of amides is 3. The second-order valence-corrected chi connectivity index (χ2v) is 7.89. The summed E-state index contributed by atoms with van der Waals surface area (Å²) in [5.41, 5.74) is 1.15. The molecule has 8 heteroatoms. The van der Waals surface area contributed by atoms with Crippen LogP contribution in [0.4, 0.5) is 9.18 Å². The Hall–Kier alpha value is -2.20. The fourth-order valence-corrected chi connectivity index (χ4v) is 3.61. The normalized spacial score (nSPS) is 15.5. The Morgan fingerprint density at radius 1 is 1.11 bits per heavy atom. The van der Waals surface area contributed by atoms with Crippen LogP contribution in [-0.2, 0) is 4.79 Å². The van der Waals surface area contributed by atoms with Crippen molar-refractivity contribution in [2.75, 3.05) is 13.1 Å². The van der Waals surface area contributed by atoms with Crippen LogP contribution < -0.4 is 5.32 Å². The minimum atomic E-state index is -0.419. The van der Waals surface area contributed by atoms with Crippen molar-refractivity contribution in [3.8, 4) is 0 Å². The molecule has 0 radical (unpaired) electrons. The lowest BCUT2D eigenvalue weighted by atomic mass is 10.2. The third-order valence-corrected chi connectivity index (χ3v) is 5.40. The number of hydrogen-bond donors (Lipinski definition) is 1. The summed E-state index contributed by atoms with van der Waals surface area (Å²) in [5.74, 6) is -1.05. The molecule has 0 aliphatic carbocycles. The fourth-order valence-electron chi connectivity index (χ4n) is 2.39. The van der Waals surface area contributed by atoms with E-state index in [1.165, 1.54) is 24.3 Å². The molecule has 3 rings (SSSR count). The van der Waals surface area contributed by atoms with E-state index >= 15 is 0 Å². The molecule has 138 valence electrons. The van der Waals surface area contributed by atoms with Gasteiger partial charge in [-0.2, -0.15) is 0 Å². The maximum Gasteiger partial charge on any atom is 0.293 e. The Labute approximate surface area is 173 Å². The number of nitrogens with zero attached hydrogens (tertiary/aromatic N) is 1. The minimum Gasteiger partial charge on any atom is -0.350 e. The average molecular weight is 496 g/mol. The quantitative estimate of drug-likeness (QED) is 0.504. The summed E-state index contributed by atoms with van der Waals surface area (Å²) in [4.78, 5) is 37.9. The van der Waals surface area contributed by atoms with Crippen LogP contribution in [0.5, 0.6) is 0 Å². The fraction of sp³-hybridized carbons (Fsp3) is 0.105. The summed E-state index contributed by atoms with van der Waals surface area (Å²) < 4.78 is 14.0. The van der Waals surface area contributed by atoms with Gasteiger partial charge in [-0.3, -0.25) is 19.3 Å². The van der Waals surface area contributed by atoms with Gasteiger partial charge in [0.15, 0.2) is 0 Å². The van der Waals surface area contributed by atoms with Crippen LogP contribution in [0.2, 0.25) is 0 Å². The van der Waals surface area contributed by atoms with Gasteiger partial charge in [0.1, 0.15) is 5.82 Å². The van der Waals surface area contributed by atoms with Crippen LogP contribution in [0.15, 0.2) is 53.4 Å². The van der Waals surface area contributed by atoms with Crippen molar-refractivity contribution < 1.29 is 18.8 Å². The lowest BCUT2D eigenvalue weighted by Gasteiger charge is -2.13. The standard InChI is InChI=1S/C19H14FIN2O3S/c20-14-5-1-12(2-6-14)11-16-18(25)23(19(26)27-16)10-9-22-17(24)13-3-7-15(21)8-4-13/h1-8,11H,9-10H2,(H,22,24)/b16-11-. The summed E-state index contributed by atoms with van der Waals surface area (Å²) in [6.45, 7) is 0.244. The number of carbonyl (C=O) groups is 3. The molecule has 1 fully saturated rings. The van der Waals surface area contributed by atoms with Gasteiger partial charge in [-0.25, -0.2) is 4.39 Å². The summed E-state index contributed by atoms with van der Waals surface area (Å²) >= 11 is 2.98. The number of benzene rings is 2.